The van der Waals surface area contributed by atoms with Gasteiger partial charge in [0.2, 0.25) is 0 Å². The summed E-state index contributed by atoms with van der Waals surface area (Å²) in [5.41, 5.74) is 5.27. The first-order valence-corrected chi connectivity index (χ1v) is 10.6. The van der Waals surface area contributed by atoms with Gasteiger partial charge in [-0.15, -0.1) is 0 Å². The van der Waals surface area contributed by atoms with E-state index in [1.54, 1.807) is 31.0 Å². The van der Waals surface area contributed by atoms with Gasteiger partial charge in [-0.2, -0.15) is 5.10 Å². The lowest BCUT2D eigenvalue weighted by Crippen LogP contribution is -2.08. The number of imidazole rings is 2. The maximum Gasteiger partial charge on any atom is 0.166 e. The summed E-state index contributed by atoms with van der Waals surface area (Å²) in [6.07, 6.45) is 8.66. The van der Waals surface area contributed by atoms with Crippen molar-refractivity contribution in [3.8, 4) is 28.5 Å². The highest BCUT2D eigenvalue weighted by molar-refractivity contribution is 5.97. The number of aromatic amines is 2. The zero-order chi connectivity index (χ0) is 23.4. The van der Waals surface area contributed by atoms with E-state index >= 15 is 4.39 Å². The van der Waals surface area contributed by atoms with E-state index in [1.165, 1.54) is 0 Å². The highest BCUT2D eigenvalue weighted by Crippen LogP contribution is 2.34. The van der Waals surface area contributed by atoms with Crippen LogP contribution in [0.1, 0.15) is 5.69 Å². The molecule has 168 valence electrons. The van der Waals surface area contributed by atoms with Crippen LogP contribution < -0.4 is 4.90 Å². The smallest absolute Gasteiger partial charge is 0.166 e. The molecule has 34 heavy (non-hydrogen) atoms. The van der Waals surface area contributed by atoms with Gasteiger partial charge in [0.05, 0.1) is 34.0 Å². The van der Waals surface area contributed by atoms with Crippen LogP contribution in [0.5, 0.6) is 0 Å². The van der Waals surface area contributed by atoms with Gasteiger partial charge in [-0.25, -0.2) is 19.3 Å². The molecule has 0 fully saturated rings. The fourth-order valence-electron chi connectivity index (χ4n) is 4.05. The summed E-state index contributed by atoms with van der Waals surface area (Å²) in [4.78, 5) is 22.9. The van der Waals surface area contributed by atoms with E-state index in [0.29, 0.717) is 44.9 Å². The molecule has 0 unspecified atom stereocenters. The van der Waals surface area contributed by atoms with Crippen molar-refractivity contribution in [2.75, 3.05) is 19.0 Å². The molecule has 0 saturated heterocycles. The van der Waals surface area contributed by atoms with E-state index in [2.05, 4.69) is 30.1 Å². The number of hydrogen-bond acceptors (Lipinski definition) is 6. The third kappa shape index (κ3) is 3.11. The molecule has 0 amide bonds. The number of aromatic nitrogens is 8. The first-order chi connectivity index (χ1) is 16.5. The number of H-pyrrole nitrogens is 2. The molecule has 6 rings (SSSR count). The lowest BCUT2D eigenvalue weighted by molar-refractivity contribution is 0.643. The van der Waals surface area contributed by atoms with Gasteiger partial charge in [0.25, 0.3) is 0 Å². The normalized spacial score (nSPS) is 11.5. The van der Waals surface area contributed by atoms with Crippen LogP contribution in [0.3, 0.4) is 0 Å². The number of nitrogens with zero attached hydrogens (tertiary/aromatic N) is 7. The molecule has 1 aromatic carbocycles. The third-order valence-electron chi connectivity index (χ3n) is 5.78. The quantitative estimate of drug-likeness (QED) is 0.413. The van der Waals surface area contributed by atoms with Gasteiger partial charge in [0.1, 0.15) is 23.4 Å². The van der Waals surface area contributed by atoms with Crippen molar-refractivity contribution in [3.63, 3.8) is 0 Å². The molecule has 0 spiro atoms. The highest BCUT2D eigenvalue weighted by atomic mass is 19.1. The largest absolute Gasteiger partial charge is 0.376 e. The Labute approximate surface area is 193 Å². The number of benzene rings is 1. The van der Waals surface area contributed by atoms with Gasteiger partial charge < -0.3 is 9.88 Å². The van der Waals surface area contributed by atoms with Gasteiger partial charge >= 0.3 is 0 Å². The maximum absolute atomic E-state index is 15.9. The summed E-state index contributed by atoms with van der Waals surface area (Å²) >= 11 is 0. The van der Waals surface area contributed by atoms with Crippen molar-refractivity contribution < 1.29 is 4.39 Å². The maximum atomic E-state index is 15.9. The lowest BCUT2D eigenvalue weighted by Gasteiger charge is -2.13. The molecule has 0 atom stereocenters. The fraction of sp³-hybridized carbons (Fsp3) is 0.125. The lowest BCUT2D eigenvalue weighted by atomic mass is 10.0. The Balaban J connectivity index is 1.52. The van der Waals surface area contributed by atoms with E-state index in [4.69, 9.17) is 4.98 Å². The van der Waals surface area contributed by atoms with Crippen LogP contribution in [-0.4, -0.2) is 53.8 Å². The van der Waals surface area contributed by atoms with E-state index in [0.717, 1.165) is 16.9 Å². The van der Waals surface area contributed by atoms with Gasteiger partial charge in [-0.3, -0.25) is 14.6 Å². The van der Waals surface area contributed by atoms with E-state index in [9.17, 15) is 0 Å². The summed E-state index contributed by atoms with van der Waals surface area (Å²) in [7, 11) is 3.84. The zero-order valence-electron chi connectivity index (χ0n) is 18.7. The second-order valence-corrected chi connectivity index (χ2v) is 8.29. The minimum Gasteiger partial charge on any atom is -0.376 e. The molecule has 9 nitrogen and oxygen atoms in total. The van der Waals surface area contributed by atoms with Crippen LogP contribution in [0.2, 0.25) is 0 Å². The molecular weight excluding hydrogens is 433 g/mol. The number of rotatable bonds is 4. The first kappa shape index (κ1) is 20.0. The number of aryl methyl sites for hydroxylation is 1. The number of halogens is 1. The molecule has 0 aliphatic carbocycles. The molecule has 2 N–H and O–H groups in total. The van der Waals surface area contributed by atoms with Crippen molar-refractivity contribution in [1.82, 2.24) is 39.7 Å². The summed E-state index contributed by atoms with van der Waals surface area (Å²) in [5, 5.41) is 7.67. The second-order valence-electron chi connectivity index (χ2n) is 8.29. The van der Waals surface area contributed by atoms with Crippen molar-refractivity contribution in [3.05, 3.63) is 66.9 Å². The third-order valence-corrected chi connectivity index (χ3v) is 5.78. The molecule has 0 aliphatic rings. The number of pyridine rings is 2. The Morgan fingerprint density at radius 2 is 1.94 bits per heavy atom. The fourth-order valence-corrected chi connectivity index (χ4v) is 4.05. The van der Waals surface area contributed by atoms with Crippen LogP contribution in [-0.2, 0) is 0 Å². The molecule has 5 aromatic heterocycles. The molecule has 0 aliphatic heterocycles. The summed E-state index contributed by atoms with van der Waals surface area (Å²) in [5.74, 6) is 0.694. The Kier molecular flexibility index (Phi) is 4.41. The predicted octanol–water partition coefficient (Wildman–Crippen LogP) is 4.26. The van der Waals surface area contributed by atoms with Crippen LogP contribution in [0.25, 0.3) is 50.4 Å². The standard InChI is InChI=1S/C24H20FN9/c1-13-11-34(12-28-13)24-21-18(6-7-27-24)29-23(30-21)22-19-17(31-32-22)5-4-16(20(19)25)14-8-15(33(2)3)10-26-9-14/h4-12H,1-3H3,(H,29,30)(H,31,32). The van der Waals surface area contributed by atoms with Crippen molar-refractivity contribution in [2.45, 2.75) is 6.92 Å². The SMILES string of the molecule is Cc1cn(-c2nccc3[nH]c(-c4n[nH]c5ccc(-c6cncc(N(C)C)c6)c(F)c45)nc23)cn1. The number of hydrogen-bond donors (Lipinski definition) is 2. The summed E-state index contributed by atoms with van der Waals surface area (Å²) in [6.45, 7) is 1.91. The Morgan fingerprint density at radius 3 is 2.74 bits per heavy atom. The number of anilines is 1. The minimum atomic E-state index is -0.386. The van der Waals surface area contributed by atoms with E-state index in [-0.39, 0.29) is 5.82 Å². The van der Waals surface area contributed by atoms with Crippen molar-refractivity contribution in [1.29, 1.82) is 0 Å². The average molecular weight is 453 g/mol. The highest BCUT2D eigenvalue weighted by Gasteiger charge is 2.21. The topological polar surface area (TPSA) is 104 Å². The minimum absolute atomic E-state index is 0.361. The van der Waals surface area contributed by atoms with Crippen molar-refractivity contribution >= 4 is 27.6 Å². The number of fused-ring (bicyclic) bond motifs is 2. The van der Waals surface area contributed by atoms with Gasteiger partial charge in [0, 0.05) is 43.8 Å². The van der Waals surface area contributed by atoms with E-state index in [1.807, 2.05) is 54.9 Å². The Morgan fingerprint density at radius 1 is 1.06 bits per heavy atom. The molecule has 0 bridgehead atoms. The second kappa shape index (κ2) is 7.48. The predicted molar refractivity (Wildman–Crippen MR) is 128 cm³/mol. The molecule has 0 saturated carbocycles. The van der Waals surface area contributed by atoms with Crippen LogP contribution in [0.15, 0.2) is 55.4 Å². The molecule has 10 heteroatoms. The van der Waals surface area contributed by atoms with Gasteiger partial charge in [-0.1, -0.05) is 0 Å². The van der Waals surface area contributed by atoms with Crippen LogP contribution >= 0.6 is 0 Å². The first-order valence-electron chi connectivity index (χ1n) is 10.6. The number of nitrogens with one attached hydrogen (secondary N) is 2. The summed E-state index contributed by atoms with van der Waals surface area (Å²) in [6, 6.07) is 7.28. The van der Waals surface area contributed by atoms with E-state index < -0.39 is 0 Å². The van der Waals surface area contributed by atoms with Crippen LogP contribution in [0.4, 0.5) is 10.1 Å². The molecule has 6 aromatic rings. The zero-order valence-corrected chi connectivity index (χ0v) is 18.7. The summed E-state index contributed by atoms with van der Waals surface area (Å²) < 4.78 is 17.7. The Bertz CT molecular complexity index is 1680. The molecule has 5 heterocycles. The molecule has 0 radical (unpaired) electrons. The molecular formula is C24H20FN9. The van der Waals surface area contributed by atoms with Gasteiger partial charge in [0.15, 0.2) is 11.6 Å². The van der Waals surface area contributed by atoms with Gasteiger partial charge in [-0.05, 0) is 31.2 Å². The average Bonchev–Trinajstić information content (AvgIpc) is 3.56. The Hall–Kier alpha value is -4.60. The van der Waals surface area contributed by atoms with Crippen molar-refractivity contribution in [2.24, 2.45) is 0 Å². The monoisotopic (exact) mass is 453 g/mol. The van der Waals surface area contributed by atoms with Crippen LogP contribution in [0, 0.1) is 12.7 Å².